The lowest BCUT2D eigenvalue weighted by molar-refractivity contribution is 0.0769. The van der Waals surface area contributed by atoms with Crippen LogP contribution in [0.1, 0.15) is 34.5 Å². The van der Waals surface area contributed by atoms with Crippen LogP contribution in [0.2, 0.25) is 15.1 Å². The molecule has 2 aromatic heterocycles. The third kappa shape index (κ3) is 5.01. The number of aryl methyl sites for hydroxylation is 1. The Labute approximate surface area is 202 Å². The van der Waals surface area contributed by atoms with E-state index in [2.05, 4.69) is 9.97 Å². The van der Waals surface area contributed by atoms with Crippen molar-refractivity contribution >= 4 is 40.7 Å². The van der Waals surface area contributed by atoms with Crippen LogP contribution < -0.4 is 4.74 Å². The number of pyridine rings is 2. The van der Waals surface area contributed by atoms with Gasteiger partial charge >= 0.3 is 0 Å². The first-order chi connectivity index (χ1) is 15.3. The van der Waals surface area contributed by atoms with Crippen LogP contribution in [0.3, 0.4) is 0 Å². The number of hydrogen-bond acceptors (Lipinski definition) is 4. The number of nitrogens with zero attached hydrogens (tertiary/aromatic N) is 3. The molecule has 0 unspecified atom stereocenters. The molecule has 1 amide bonds. The summed E-state index contributed by atoms with van der Waals surface area (Å²) in [6.07, 6.45) is 2.96. The average Bonchev–Trinajstić information content (AvgIpc) is 3.23. The number of hydrogen-bond donors (Lipinski definition) is 0. The van der Waals surface area contributed by atoms with E-state index in [0.717, 1.165) is 11.3 Å². The maximum atomic E-state index is 13.2. The minimum Gasteiger partial charge on any atom is -0.474 e. The highest BCUT2D eigenvalue weighted by atomic mass is 35.5. The quantitative estimate of drug-likeness (QED) is 0.436. The molecule has 1 saturated heterocycles. The summed E-state index contributed by atoms with van der Waals surface area (Å²) in [4.78, 5) is 23.5. The first-order valence-electron chi connectivity index (χ1n) is 10.3. The van der Waals surface area contributed by atoms with E-state index in [1.54, 1.807) is 30.6 Å². The maximum Gasteiger partial charge on any atom is 0.255 e. The fraction of sp³-hybridized carbons (Fsp3) is 0.292. The molecule has 3 atom stereocenters. The Bertz CT molecular complexity index is 1110. The second kappa shape index (κ2) is 9.65. The van der Waals surface area contributed by atoms with Crippen LogP contribution in [0.4, 0.5) is 0 Å². The molecule has 0 radical (unpaired) electrons. The number of carbonyl (C=O) groups is 1. The Morgan fingerprint density at radius 2 is 1.84 bits per heavy atom. The second-order valence-corrected chi connectivity index (χ2v) is 9.23. The minimum absolute atomic E-state index is 0.0204. The molecular weight excluding hydrogens is 469 g/mol. The minimum atomic E-state index is -0.211. The van der Waals surface area contributed by atoms with Gasteiger partial charge in [0, 0.05) is 49.1 Å². The van der Waals surface area contributed by atoms with Gasteiger partial charge in [-0.3, -0.25) is 9.78 Å². The maximum absolute atomic E-state index is 13.2. The summed E-state index contributed by atoms with van der Waals surface area (Å²) in [5.41, 5.74) is 2.45. The predicted molar refractivity (Wildman–Crippen MR) is 127 cm³/mol. The highest BCUT2D eigenvalue weighted by Crippen LogP contribution is 2.38. The van der Waals surface area contributed by atoms with Gasteiger partial charge in [0.1, 0.15) is 6.10 Å². The van der Waals surface area contributed by atoms with E-state index in [1.165, 1.54) is 0 Å². The largest absolute Gasteiger partial charge is 0.474 e. The fourth-order valence-electron chi connectivity index (χ4n) is 4.05. The molecule has 0 saturated carbocycles. The molecule has 3 aromatic rings. The first-order valence-corrected chi connectivity index (χ1v) is 11.4. The molecule has 1 aliphatic rings. The topological polar surface area (TPSA) is 55.3 Å². The van der Waals surface area contributed by atoms with Crippen molar-refractivity contribution in [1.29, 1.82) is 0 Å². The van der Waals surface area contributed by atoms with Crippen LogP contribution in [0.25, 0.3) is 0 Å². The van der Waals surface area contributed by atoms with Crippen LogP contribution in [0.5, 0.6) is 5.88 Å². The predicted octanol–water partition coefficient (Wildman–Crippen LogP) is 6.07. The van der Waals surface area contributed by atoms with Crippen LogP contribution in [-0.4, -0.2) is 40.0 Å². The number of benzene rings is 1. The van der Waals surface area contributed by atoms with Gasteiger partial charge in [0.25, 0.3) is 5.91 Å². The van der Waals surface area contributed by atoms with E-state index in [1.807, 2.05) is 43.0 Å². The van der Waals surface area contributed by atoms with Gasteiger partial charge in [0.2, 0.25) is 5.88 Å². The molecule has 4 rings (SSSR count). The van der Waals surface area contributed by atoms with Crippen molar-refractivity contribution in [3.8, 4) is 5.88 Å². The summed E-state index contributed by atoms with van der Waals surface area (Å²) in [5, 5.41) is 1.53. The molecule has 0 bridgehead atoms. The Morgan fingerprint density at radius 3 is 2.50 bits per heavy atom. The van der Waals surface area contributed by atoms with Crippen molar-refractivity contribution < 1.29 is 9.53 Å². The normalized spacial score (nSPS) is 19.1. The number of rotatable bonds is 5. The monoisotopic (exact) mass is 489 g/mol. The zero-order chi connectivity index (χ0) is 22.8. The molecule has 0 N–H and O–H groups in total. The van der Waals surface area contributed by atoms with Gasteiger partial charge in [0.15, 0.2) is 0 Å². The third-order valence-electron chi connectivity index (χ3n) is 5.79. The number of likely N-dealkylation sites (tertiary alicyclic amines) is 1. The molecule has 32 heavy (non-hydrogen) atoms. The van der Waals surface area contributed by atoms with Crippen LogP contribution in [0.15, 0.2) is 54.9 Å². The number of amides is 1. The highest BCUT2D eigenvalue weighted by Gasteiger charge is 2.40. The van der Waals surface area contributed by atoms with Gasteiger partial charge in [-0.25, -0.2) is 4.98 Å². The summed E-state index contributed by atoms with van der Waals surface area (Å²) < 4.78 is 6.13. The zero-order valence-electron chi connectivity index (χ0n) is 17.6. The van der Waals surface area contributed by atoms with Crippen molar-refractivity contribution in [2.45, 2.75) is 25.9 Å². The Morgan fingerprint density at radius 1 is 1.03 bits per heavy atom. The van der Waals surface area contributed by atoms with Gasteiger partial charge in [-0.05, 0) is 49.7 Å². The number of halogens is 3. The lowest BCUT2D eigenvalue weighted by Crippen LogP contribution is -2.32. The lowest BCUT2D eigenvalue weighted by atomic mass is 9.86. The molecule has 0 spiro atoms. The molecule has 3 heterocycles. The van der Waals surface area contributed by atoms with Gasteiger partial charge in [0.05, 0.1) is 20.6 Å². The van der Waals surface area contributed by atoms with Gasteiger partial charge < -0.3 is 9.64 Å². The van der Waals surface area contributed by atoms with Crippen LogP contribution in [0, 0.1) is 12.8 Å². The number of aromatic nitrogens is 2. The van der Waals surface area contributed by atoms with E-state index in [-0.39, 0.29) is 23.8 Å². The van der Waals surface area contributed by atoms with E-state index >= 15 is 0 Å². The van der Waals surface area contributed by atoms with Gasteiger partial charge in [-0.1, -0.05) is 40.9 Å². The Balaban J connectivity index is 1.61. The molecule has 1 fully saturated rings. The summed E-state index contributed by atoms with van der Waals surface area (Å²) in [6, 6.07) is 12.7. The highest BCUT2D eigenvalue weighted by molar-refractivity contribution is 6.42. The standard InChI is InChI=1S/C24H22Cl3N3O2/c1-14-3-4-17(10-28-14)24(31)30-12-19(15(2)32-23-8-6-18(25)11-29-23)20(13-30)16-5-7-21(26)22(27)9-16/h3-11,15,19-20H,12-13H2,1-2H3/t15-,19-,20+/m0/s1. The van der Waals surface area contributed by atoms with Crippen molar-refractivity contribution in [3.63, 3.8) is 0 Å². The molecule has 1 aliphatic heterocycles. The summed E-state index contributed by atoms with van der Waals surface area (Å²) >= 11 is 18.4. The number of carbonyl (C=O) groups excluding carboxylic acids is 1. The average molecular weight is 491 g/mol. The fourth-order valence-corrected chi connectivity index (χ4v) is 4.47. The van der Waals surface area contributed by atoms with Gasteiger partial charge in [-0.2, -0.15) is 0 Å². The first kappa shape index (κ1) is 22.8. The van der Waals surface area contributed by atoms with Crippen molar-refractivity contribution in [2.24, 2.45) is 5.92 Å². The zero-order valence-corrected chi connectivity index (χ0v) is 19.9. The lowest BCUT2D eigenvalue weighted by Gasteiger charge is -2.25. The molecular formula is C24H22Cl3N3O2. The Hall–Kier alpha value is -2.34. The molecule has 8 heteroatoms. The molecule has 5 nitrogen and oxygen atoms in total. The molecule has 166 valence electrons. The summed E-state index contributed by atoms with van der Waals surface area (Å²) in [6.45, 7) is 4.96. The van der Waals surface area contributed by atoms with E-state index < -0.39 is 0 Å². The smallest absolute Gasteiger partial charge is 0.255 e. The van der Waals surface area contributed by atoms with E-state index in [0.29, 0.717) is 39.6 Å². The van der Waals surface area contributed by atoms with E-state index in [4.69, 9.17) is 39.5 Å². The number of ether oxygens (including phenoxy) is 1. The van der Waals surface area contributed by atoms with Crippen molar-refractivity contribution in [2.75, 3.05) is 13.1 Å². The molecule has 0 aliphatic carbocycles. The Kier molecular flexibility index (Phi) is 6.89. The molecule has 1 aromatic carbocycles. The van der Waals surface area contributed by atoms with Crippen LogP contribution >= 0.6 is 34.8 Å². The third-order valence-corrected chi connectivity index (χ3v) is 6.75. The summed E-state index contributed by atoms with van der Waals surface area (Å²) in [5.74, 6) is 0.477. The van der Waals surface area contributed by atoms with E-state index in [9.17, 15) is 4.79 Å². The van der Waals surface area contributed by atoms with Crippen LogP contribution in [-0.2, 0) is 0 Å². The SMILES string of the molecule is Cc1ccc(C(=O)N2C[C@@H]([C@H](C)Oc3ccc(Cl)cn3)[C@@H](c3ccc(Cl)c(Cl)c3)C2)cn1. The second-order valence-electron chi connectivity index (χ2n) is 7.98. The van der Waals surface area contributed by atoms with Crippen molar-refractivity contribution in [1.82, 2.24) is 14.9 Å². The summed E-state index contributed by atoms with van der Waals surface area (Å²) in [7, 11) is 0. The van der Waals surface area contributed by atoms with Crippen molar-refractivity contribution in [3.05, 3.63) is 86.7 Å². The van der Waals surface area contributed by atoms with Gasteiger partial charge in [-0.15, -0.1) is 0 Å².